The fraction of sp³-hybridized carbons (Fsp3) is 0.526. The summed E-state index contributed by atoms with van der Waals surface area (Å²) in [4.78, 5) is 38.4. The lowest BCUT2D eigenvalue weighted by Crippen LogP contribution is -2.36. The summed E-state index contributed by atoms with van der Waals surface area (Å²) in [6.07, 6.45) is 2.73. The van der Waals surface area contributed by atoms with Gasteiger partial charge >= 0.3 is 0 Å². The van der Waals surface area contributed by atoms with E-state index in [9.17, 15) is 14.4 Å². The van der Waals surface area contributed by atoms with E-state index >= 15 is 0 Å². The Morgan fingerprint density at radius 3 is 2.48 bits per heavy atom. The molecule has 6 nitrogen and oxygen atoms in total. The van der Waals surface area contributed by atoms with Crippen LogP contribution in [0.3, 0.4) is 0 Å². The molecule has 0 spiro atoms. The summed E-state index contributed by atoms with van der Waals surface area (Å²) in [5, 5.41) is 2.88. The fourth-order valence-electron chi connectivity index (χ4n) is 3.45. The lowest BCUT2D eigenvalue weighted by Gasteiger charge is -2.28. The first-order valence-electron chi connectivity index (χ1n) is 9.02. The van der Waals surface area contributed by atoms with E-state index < -0.39 is 0 Å². The molecule has 1 aromatic rings. The maximum atomic E-state index is 11.9. The van der Waals surface area contributed by atoms with E-state index in [0.29, 0.717) is 6.54 Å². The minimum atomic E-state index is -0.164. The number of benzene rings is 1. The van der Waals surface area contributed by atoms with Crippen molar-refractivity contribution in [3.8, 4) is 0 Å². The quantitative estimate of drug-likeness (QED) is 0.594. The maximum absolute atomic E-state index is 11.9. The number of nitrogens with one attached hydrogen (secondary N) is 1. The van der Waals surface area contributed by atoms with Crippen molar-refractivity contribution in [1.29, 1.82) is 0 Å². The molecule has 2 aliphatic heterocycles. The summed E-state index contributed by atoms with van der Waals surface area (Å²) in [5.74, 6) is -0.428. The van der Waals surface area contributed by atoms with Gasteiger partial charge in [-0.15, -0.1) is 0 Å². The third-order valence-electron chi connectivity index (χ3n) is 4.90. The molecule has 1 N–H and O–H groups in total. The number of rotatable bonds is 7. The number of carbonyl (C=O) groups is 3. The van der Waals surface area contributed by atoms with Gasteiger partial charge in [0.15, 0.2) is 0 Å². The number of carbonyl (C=O) groups excluding carboxylic acids is 3. The van der Waals surface area contributed by atoms with Crippen LogP contribution in [0.4, 0.5) is 0 Å². The first-order valence-corrected chi connectivity index (χ1v) is 9.02. The summed E-state index contributed by atoms with van der Waals surface area (Å²) in [6, 6.07) is 8.55. The molecule has 2 aliphatic rings. The van der Waals surface area contributed by atoms with E-state index in [-0.39, 0.29) is 43.5 Å². The van der Waals surface area contributed by atoms with Gasteiger partial charge in [0.05, 0.1) is 0 Å². The van der Waals surface area contributed by atoms with E-state index in [1.54, 1.807) is 0 Å². The number of hydrogen-bond donors (Lipinski definition) is 1. The van der Waals surface area contributed by atoms with Crippen molar-refractivity contribution in [2.45, 2.75) is 38.6 Å². The number of hydrogen-bond acceptors (Lipinski definition) is 4. The Labute approximate surface area is 148 Å². The van der Waals surface area contributed by atoms with Crippen LogP contribution in [0.15, 0.2) is 24.3 Å². The Morgan fingerprint density at radius 2 is 1.72 bits per heavy atom. The summed E-state index contributed by atoms with van der Waals surface area (Å²) in [7, 11) is 0. The van der Waals surface area contributed by atoms with Gasteiger partial charge in [0, 0.05) is 52.0 Å². The molecule has 0 aliphatic carbocycles. The highest BCUT2D eigenvalue weighted by Gasteiger charge is 2.28. The molecule has 134 valence electrons. The molecule has 1 saturated heterocycles. The fourth-order valence-corrected chi connectivity index (χ4v) is 3.45. The van der Waals surface area contributed by atoms with Crippen molar-refractivity contribution in [1.82, 2.24) is 15.1 Å². The molecular formula is C19H25N3O3. The van der Waals surface area contributed by atoms with Gasteiger partial charge in [-0.25, -0.2) is 0 Å². The molecule has 6 heteroatoms. The maximum Gasteiger partial charge on any atom is 0.229 e. The van der Waals surface area contributed by atoms with E-state index in [4.69, 9.17) is 0 Å². The second-order valence-corrected chi connectivity index (χ2v) is 6.69. The normalized spacial score (nSPS) is 17.7. The number of likely N-dealkylation sites (tertiary alicyclic amines) is 1. The van der Waals surface area contributed by atoms with Crippen LogP contribution >= 0.6 is 0 Å². The first kappa shape index (κ1) is 17.6. The van der Waals surface area contributed by atoms with Crippen LogP contribution in [-0.2, 0) is 27.3 Å². The van der Waals surface area contributed by atoms with Gasteiger partial charge in [0.2, 0.25) is 17.7 Å². The van der Waals surface area contributed by atoms with E-state index in [2.05, 4.69) is 34.5 Å². The summed E-state index contributed by atoms with van der Waals surface area (Å²) in [5.41, 5.74) is 2.84. The highest BCUT2D eigenvalue weighted by Crippen LogP contribution is 2.18. The Bertz CT molecular complexity index is 643. The first-order chi connectivity index (χ1) is 12.1. The van der Waals surface area contributed by atoms with Crippen molar-refractivity contribution >= 4 is 17.7 Å². The zero-order valence-electron chi connectivity index (χ0n) is 14.5. The van der Waals surface area contributed by atoms with Crippen LogP contribution in [0.2, 0.25) is 0 Å². The largest absolute Gasteiger partial charge is 0.356 e. The molecule has 0 unspecified atom stereocenters. The number of fused-ring (bicyclic) bond motifs is 1. The van der Waals surface area contributed by atoms with Crippen molar-refractivity contribution < 1.29 is 14.4 Å². The molecule has 0 bridgehead atoms. The summed E-state index contributed by atoms with van der Waals surface area (Å²) >= 11 is 0. The van der Waals surface area contributed by atoms with Crippen molar-refractivity contribution in [2.75, 3.05) is 26.2 Å². The Kier molecular flexibility index (Phi) is 5.81. The van der Waals surface area contributed by atoms with Crippen LogP contribution in [-0.4, -0.2) is 53.7 Å². The zero-order chi connectivity index (χ0) is 17.6. The molecular weight excluding hydrogens is 318 g/mol. The highest BCUT2D eigenvalue weighted by molar-refractivity contribution is 6.02. The zero-order valence-corrected chi connectivity index (χ0v) is 14.5. The molecule has 0 aromatic heterocycles. The van der Waals surface area contributed by atoms with Crippen LogP contribution in [0.1, 0.15) is 36.8 Å². The number of nitrogens with zero attached hydrogens (tertiary/aromatic N) is 2. The predicted octanol–water partition coefficient (Wildman–Crippen LogP) is 1.09. The lowest BCUT2D eigenvalue weighted by atomic mass is 10.00. The van der Waals surface area contributed by atoms with Gasteiger partial charge in [0.25, 0.3) is 0 Å². The van der Waals surface area contributed by atoms with Gasteiger partial charge < -0.3 is 5.32 Å². The third kappa shape index (κ3) is 4.66. The van der Waals surface area contributed by atoms with Gasteiger partial charge in [-0.2, -0.15) is 0 Å². The van der Waals surface area contributed by atoms with Gasteiger partial charge in [-0.3, -0.25) is 24.2 Å². The molecule has 25 heavy (non-hydrogen) atoms. The Morgan fingerprint density at radius 1 is 1.00 bits per heavy atom. The van der Waals surface area contributed by atoms with Gasteiger partial charge in [0.1, 0.15) is 0 Å². The minimum Gasteiger partial charge on any atom is -0.356 e. The second kappa shape index (κ2) is 8.25. The number of imide groups is 1. The van der Waals surface area contributed by atoms with Crippen molar-refractivity contribution in [2.24, 2.45) is 0 Å². The molecule has 1 aromatic carbocycles. The second-order valence-electron chi connectivity index (χ2n) is 6.69. The SMILES string of the molecule is O=C(CCN1C(=O)CCC1=O)NCCCN1CCc2ccccc2C1. The van der Waals surface area contributed by atoms with Crippen molar-refractivity contribution in [3.05, 3.63) is 35.4 Å². The summed E-state index contributed by atoms with van der Waals surface area (Å²) < 4.78 is 0. The topological polar surface area (TPSA) is 69.7 Å². The molecule has 3 rings (SSSR count). The smallest absolute Gasteiger partial charge is 0.229 e. The molecule has 0 atom stereocenters. The standard InChI is InChI=1S/C19H25N3O3/c23-17(9-13-22-18(24)6-7-19(22)25)20-10-3-11-21-12-8-15-4-1-2-5-16(15)14-21/h1-2,4-5H,3,6-14H2,(H,20,23). The average molecular weight is 343 g/mol. The lowest BCUT2D eigenvalue weighted by molar-refractivity contribution is -0.138. The monoisotopic (exact) mass is 343 g/mol. The Balaban J connectivity index is 1.30. The van der Waals surface area contributed by atoms with Crippen LogP contribution in [0, 0.1) is 0 Å². The predicted molar refractivity (Wildman–Crippen MR) is 93.6 cm³/mol. The summed E-state index contributed by atoms with van der Waals surface area (Å²) in [6.45, 7) is 3.82. The molecule has 0 radical (unpaired) electrons. The number of amides is 3. The Hall–Kier alpha value is -2.21. The van der Waals surface area contributed by atoms with Crippen LogP contribution in [0.25, 0.3) is 0 Å². The van der Waals surface area contributed by atoms with Gasteiger partial charge in [-0.05, 0) is 24.0 Å². The third-order valence-corrected chi connectivity index (χ3v) is 4.90. The molecule has 2 heterocycles. The van der Waals surface area contributed by atoms with Crippen molar-refractivity contribution in [3.63, 3.8) is 0 Å². The minimum absolute atomic E-state index is 0.100. The molecule has 1 fully saturated rings. The van der Waals surface area contributed by atoms with E-state index in [1.165, 1.54) is 16.0 Å². The van der Waals surface area contributed by atoms with E-state index in [0.717, 1.165) is 32.5 Å². The van der Waals surface area contributed by atoms with Crippen LogP contribution in [0.5, 0.6) is 0 Å². The highest BCUT2D eigenvalue weighted by atomic mass is 16.2. The molecule has 3 amide bonds. The van der Waals surface area contributed by atoms with Crippen LogP contribution < -0.4 is 5.32 Å². The molecule has 0 saturated carbocycles. The average Bonchev–Trinajstić information content (AvgIpc) is 2.95. The van der Waals surface area contributed by atoms with Gasteiger partial charge in [-0.1, -0.05) is 24.3 Å². The van der Waals surface area contributed by atoms with E-state index in [1.807, 2.05) is 0 Å².